The molecule has 5 nitrogen and oxygen atoms in total. The maximum atomic E-state index is 12.3. The lowest BCUT2D eigenvalue weighted by Gasteiger charge is -2.23. The molecule has 1 rings (SSSR count). The topological polar surface area (TPSA) is 69.6 Å². The zero-order valence-corrected chi connectivity index (χ0v) is 15.6. The van der Waals surface area contributed by atoms with Crippen LogP contribution in [0.25, 0.3) is 0 Å². The Hall–Kier alpha value is -1.88. The van der Waals surface area contributed by atoms with Crippen LogP contribution >= 0.6 is 0 Å². The number of carbonyl (C=O) groups is 2. The van der Waals surface area contributed by atoms with Gasteiger partial charge in [0.1, 0.15) is 6.04 Å². The largest absolute Gasteiger partial charge is 0.393 e. The minimum Gasteiger partial charge on any atom is -0.393 e. The molecule has 0 fully saturated rings. The third kappa shape index (κ3) is 5.96. The number of aliphatic hydroxyl groups is 1. The van der Waals surface area contributed by atoms with Crippen molar-refractivity contribution in [2.75, 3.05) is 13.6 Å². The fourth-order valence-corrected chi connectivity index (χ4v) is 2.28. The van der Waals surface area contributed by atoms with E-state index in [-0.39, 0.29) is 17.2 Å². The summed E-state index contributed by atoms with van der Waals surface area (Å²) in [6.45, 7) is 10.2. The van der Waals surface area contributed by atoms with Gasteiger partial charge in [0.2, 0.25) is 5.91 Å². The van der Waals surface area contributed by atoms with E-state index in [4.69, 9.17) is 0 Å². The van der Waals surface area contributed by atoms with Crippen molar-refractivity contribution in [3.63, 3.8) is 0 Å². The number of carbonyl (C=O) groups excluding carboxylic acids is 2. The molecule has 2 atom stereocenters. The molecule has 0 heterocycles. The average Bonchev–Trinajstić information content (AvgIpc) is 2.50. The third-order valence-corrected chi connectivity index (χ3v) is 3.99. The Labute approximate surface area is 145 Å². The number of nitrogens with one attached hydrogen (secondary N) is 1. The van der Waals surface area contributed by atoms with Crippen LogP contribution in [0.15, 0.2) is 24.3 Å². The summed E-state index contributed by atoms with van der Waals surface area (Å²) in [6.07, 6.45) is 0.0587. The maximum absolute atomic E-state index is 12.3. The average molecular weight is 334 g/mol. The van der Waals surface area contributed by atoms with Crippen molar-refractivity contribution < 1.29 is 14.7 Å². The lowest BCUT2D eigenvalue weighted by molar-refractivity contribution is -0.131. The second-order valence-electron chi connectivity index (χ2n) is 7.42. The molecule has 0 aliphatic heterocycles. The lowest BCUT2D eigenvalue weighted by Crippen LogP contribution is -2.46. The summed E-state index contributed by atoms with van der Waals surface area (Å²) in [4.78, 5) is 26.1. The summed E-state index contributed by atoms with van der Waals surface area (Å²) < 4.78 is 0. The summed E-state index contributed by atoms with van der Waals surface area (Å²) in [7, 11) is 1.67. The number of rotatable bonds is 6. The molecule has 0 spiro atoms. The van der Waals surface area contributed by atoms with Crippen molar-refractivity contribution in [1.29, 1.82) is 0 Å². The molecule has 0 bridgehead atoms. The molecule has 0 aliphatic carbocycles. The number of benzene rings is 1. The maximum Gasteiger partial charge on any atom is 0.251 e. The Morgan fingerprint density at radius 1 is 1.17 bits per heavy atom. The highest BCUT2D eigenvalue weighted by molar-refractivity contribution is 5.97. The van der Waals surface area contributed by atoms with Gasteiger partial charge in [-0.1, -0.05) is 32.9 Å². The molecule has 24 heavy (non-hydrogen) atoms. The van der Waals surface area contributed by atoms with E-state index in [1.165, 1.54) is 4.90 Å². The third-order valence-electron chi connectivity index (χ3n) is 3.99. The first kappa shape index (κ1) is 20.2. The van der Waals surface area contributed by atoms with Gasteiger partial charge in [0.05, 0.1) is 6.10 Å². The zero-order chi connectivity index (χ0) is 18.5. The van der Waals surface area contributed by atoms with Crippen LogP contribution in [-0.2, 0) is 10.2 Å². The first-order chi connectivity index (χ1) is 11.0. The predicted octanol–water partition coefficient (Wildman–Crippen LogP) is 2.33. The Morgan fingerprint density at radius 2 is 1.71 bits per heavy atom. The highest BCUT2D eigenvalue weighted by atomic mass is 16.3. The van der Waals surface area contributed by atoms with Gasteiger partial charge in [0.15, 0.2) is 0 Å². The van der Waals surface area contributed by atoms with E-state index in [1.54, 1.807) is 33.0 Å². The standard InChI is InChI=1S/C19H30N2O3/c1-13(22)11-12-21(6)18(24)14(2)20-17(23)15-7-9-16(10-8-15)19(3,4)5/h7-10,13-14,22H,11-12H2,1-6H3,(H,20,23). The monoisotopic (exact) mass is 334 g/mol. The van der Waals surface area contributed by atoms with Crippen LogP contribution in [0.1, 0.15) is 57.0 Å². The molecule has 0 aromatic heterocycles. The van der Waals surface area contributed by atoms with Gasteiger partial charge in [-0.05, 0) is 43.4 Å². The molecule has 134 valence electrons. The molecular formula is C19H30N2O3. The smallest absolute Gasteiger partial charge is 0.251 e. The fourth-order valence-electron chi connectivity index (χ4n) is 2.28. The first-order valence-corrected chi connectivity index (χ1v) is 8.37. The van der Waals surface area contributed by atoms with Crippen LogP contribution in [0.4, 0.5) is 0 Å². The van der Waals surface area contributed by atoms with E-state index in [2.05, 4.69) is 26.1 Å². The van der Waals surface area contributed by atoms with Crippen LogP contribution in [0.2, 0.25) is 0 Å². The van der Waals surface area contributed by atoms with Gasteiger partial charge >= 0.3 is 0 Å². The van der Waals surface area contributed by atoms with E-state index in [0.717, 1.165) is 5.56 Å². The number of aliphatic hydroxyl groups excluding tert-OH is 1. The SMILES string of the molecule is CC(O)CCN(C)C(=O)C(C)NC(=O)c1ccc(C(C)(C)C)cc1. The van der Waals surface area contributed by atoms with Crippen molar-refractivity contribution >= 4 is 11.8 Å². The van der Waals surface area contributed by atoms with E-state index in [9.17, 15) is 14.7 Å². The van der Waals surface area contributed by atoms with E-state index >= 15 is 0 Å². The Kier molecular flexibility index (Phi) is 6.96. The van der Waals surface area contributed by atoms with Crippen LogP contribution in [-0.4, -0.2) is 47.6 Å². The van der Waals surface area contributed by atoms with Crippen molar-refractivity contribution in [3.8, 4) is 0 Å². The number of likely N-dealkylation sites (N-methyl/N-ethyl adjacent to an activating group) is 1. The number of hydrogen-bond donors (Lipinski definition) is 2. The molecule has 5 heteroatoms. The van der Waals surface area contributed by atoms with Gasteiger partial charge in [-0.15, -0.1) is 0 Å². The minimum absolute atomic E-state index is 0.0326. The highest BCUT2D eigenvalue weighted by Gasteiger charge is 2.21. The van der Waals surface area contributed by atoms with Crippen LogP contribution in [0, 0.1) is 0 Å². The van der Waals surface area contributed by atoms with Gasteiger partial charge in [-0.25, -0.2) is 0 Å². The van der Waals surface area contributed by atoms with Gasteiger partial charge in [-0.2, -0.15) is 0 Å². The van der Waals surface area contributed by atoms with Gasteiger partial charge in [-0.3, -0.25) is 9.59 Å². The van der Waals surface area contributed by atoms with Crippen molar-refractivity contribution in [3.05, 3.63) is 35.4 Å². The summed E-state index contributed by atoms with van der Waals surface area (Å²) in [6, 6.07) is 6.83. The van der Waals surface area contributed by atoms with E-state index < -0.39 is 12.1 Å². The molecular weight excluding hydrogens is 304 g/mol. The number of hydrogen-bond acceptors (Lipinski definition) is 3. The number of nitrogens with zero attached hydrogens (tertiary/aromatic N) is 1. The minimum atomic E-state index is -0.612. The van der Waals surface area contributed by atoms with Crippen molar-refractivity contribution in [1.82, 2.24) is 10.2 Å². The first-order valence-electron chi connectivity index (χ1n) is 8.37. The zero-order valence-electron chi connectivity index (χ0n) is 15.6. The van der Waals surface area contributed by atoms with Crippen molar-refractivity contribution in [2.45, 2.75) is 58.6 Å². The van der Waals surface area contributed by atoms with Gasteiger partial charge in [0, 0.05) is 19.2 Å². The Bertz CT molecular complexity index is 559. The molecule has 0 aliphatic rings. The van der Waals surface area contributed by atoms with E-state index in [1.807, 2.05) is 12.1 Å². The lowest BCUT2D eigenvalue weighted by atomic mass is 9.86. The normalized spacial score (nSPS) is 14.0. The summed E-state index contributed by atoms with van der Waals surface area (Å²) in [5.41, 5.74) is 1.72. The Balaban J connectivity index is 2.64. The molecule has 2 N–H and O–H groups in total. The van der Waals surface area contributed by atoms with E-state index in [0.29, 0.717) is 18.5 Å². The van der Waals surface area contributed by atoms with Crippen LogP contribution in [0.5, 0.6) is 0 Å². The fraction of sp³-hybridized carbons (Fsp3) is 0.579. The van der Waals surface area contributed by atoms with Gasteiger partial charge in [0.25, 0.3) is 5.91 Å². The molecule has 1 aromatic rings. The second kappa shape index (κ2) is 8.29. The molecule has 2 amide bonds. The molecule has 0 saturated carbocycles. The quantitative estimate of drug-likeness (QED) is 0.839. The van der Waals surface area contributed by atoms with Crippen LogP contribution < -0.4 is 5.32 Å². The molecule has 0 radical (unpaired) electrons. The molecule has 2 unspecified atom stereocenters. The van der Waals surface area contributed by atoms with Gasteiger partial charge < -0.3 is 15.3 Å². The number of amides is 2. The summed E-state index contributed by atoms with van der Waals surface area (Å²) in [5.74, 6) is -0.435. The summed E-state index contributed by atoms with van der Waals surface area (Å²) >= 11 is 0. The van der Waals surface area contributed by atoms with Crippen LogP contribution in [0.3, 0.4) is 0 Å². The summed E-state index contributed by atoms with van der Waals surface area (Å²) in [5, 5.41) is 12.0. The second-order valence-corrected chi connectivity index (χ2v) is 7.42. The molecule has 0 saturated heterocycles. The molecule has 1 aromatic carbocycles. The Morgan fingerprint density at radius 3 is 2.17 bits per heavy atom. The predicted molar refractivity (Wildman–Crippen MR) is 96.0 cm³/mol. The highest BCUT2D eigenvalue weighted by Crippen LogP contribution is 2.22. The van der Waals surface area contributed by atoms with Crippen molar-refractivity contribution in [2.24, 2.45) is 0 Å².